The van der Waals surface area contributed by atoms with E-state index in [0.717, 1.165) is 79.5 Å². The number of hydrogen-bond acceptors (Lipinski definition) is 6. The number of hydrogen-bond donors (Lipinski definition) is 1. The molecule has 7 heteroatoms. The van der Waals surface area contributed by atoms with Crippen LogP contribution < -0.4 is 9.64 Å². The zero-order valence-corrected chi connectivity index (χ0v) is 20.1. The summed E-state index contributed by atoms with van der Waals surface area (Å²) in [5, 5.41) is 9.57. The van der Waals surface area contributed by atoms with E-state index in [1.807, 2.05) is 25.3 Å². The lowest BCUT2D eigenvalue weighted by atomic mass is 9.82. The molecule has 0 aliphatic carbocycles. The topological polar surface area (TPSA) is 78.8 Å². The van der Waals surface area contributed by atoms with Crippen molar-refractivity contribution in [3.05, 3.63) is 35.8 Å². The van der Waals surface area contributed by atoms with Crippen molar-refractivity contribution in [2.24, 2.45) is 5.41 Å². The van der Waals surface area contributed by atoms with E-state index in [-0.39, 0.29) is 6.42 Å². The first-order valence-electron chi connectivity index (χ1n) is 12.1. The number of rotatable bonds is 8. The minimum Gasteiger partial charge on any atom is -0.491 e. The highest BCUT2D eigenvalue weighted by molar-refractivity contribution is 5.83. The fraction of sp³-hybridized carbons (Fsp3) is 0.577. The van der Waals surface area contributed by atoms with Crippen molar-refractivity contribution in [3.8, 4) is 17.0 Å². The number of anilines is 1. The molecule has 0 saturated carbocycles. The summed E-state index contributed by atoms with van der Waals surface area (Å²) in [6.45, 7) is 12.2. The summed E-state index contributed by atoms with van der Waals surface area (Å²) >= 11 is 0. The van der Waals surface area contributed by atoms with E-state index < -0.39 is 5.97 Å². The smallest absolute Gasteiger partial charge is 0.307 e. The normalized spacial score (nSPS) is 18.5. The van der Waals surface area contributed by atoms with Gasteiger partial charge in [-0.05, 0) is 63.2 Å². The van der Waals surface area contributed by atoms with Crippen LogP contribution in [0.2, 0.25) is 0 Å². The summed E-state index contributed by atoms with van der Waals surface area (Å²) in [6.07, 6.45) is 8.25. The second-order valence-corrected chi connectivity index (χ2v) is 10.1. The Hall–Kier alpha value is -2.67. The molecule has 0 bridgehead atoms. The Labute approximate surface area is 196 Å². The number of carboxylic acids is 1. The quantitative estimate of drug-likeness (QED) is 0.644. The number of aliphatic carboxylic acids is 1. The van der Waals surface area contributed by atoms with Crippen molar-refractivity contribution in [3.63, 3.8) is 0 Å². The van der Waals surface area contributed by atoms with E-state index in [1.54, 1.807) is 6.20 Å². The summed E-state index contributed by atoms with van der Waals surface area (Å²) in [6, 6.07) is 3.91. The average molecular weight is 453 g/mol. The Morgan fingerprint density at radius 2 is 1.82 bits per heavy atom. The highest BCUT2D eigenvalue weighted by Gasteiger charge is 2.29. The maximum Gasteiger partial charge on any atom is 0.307 e. The Bertz CT molecular complexity index is 958. The van der Waals surface area contributed by atoms with Gasteiger partial charge in [-0.15, -0.1) is 0 Å². The Morgan fingerprint density at radius 3 is 2.45 bits per heavy atom. The zero-order valence-electron chi connectivity index (χ0n) is 20.1. The molecule has 0 spiro atoms. The van der Waals surface area contributed by atoms with Crippen LogP contribution in [0.5, 0.6) is 5.75 Å². The SMILES string of the molecule is Cc1ncc(-c2ccc(OCCN3CCCC3)cn2)c(N2CCC(C)(C)CC2)c1CC(=O)O. The summed E-state index contributed by atoms with van der Waals surface area (Å²) in [7, 11) is 0. The van der Waals surface area contributed by atoms with Gasteiger partial charge < -0.3 is 14.7 Å². The summed E-state index contributed by atoms with van der Waals surface area (Å²) < 4.78 is 5.92. The molecule has 4 rings (SSSR count). The van der Waals surface area contributed by atoms with Gasteiger partial charge in [-0.2, -0.15) is 0 Å². The second kappa shape index (κ2) is 10.1. The zero-order chi connectivity index (χ0) is 23.4. The van der Waals surface area contributed by atoms with Crippen molar-refractivity contribution >= 4 is 11.7 Å². The number of likely N-dealkylation sites (tertiary alicyclic amines) is 1. The first-order valence-corrected chi connectivity index (χ1v) is 12.1. The summed E-state index contributed by atoms with van der Waals surface area (Å²) in [5.41, 5.74) is 4.50. The van der Waals surface area contributed by atoms with Crippen molar-refractivity contribution in [2.45, 2.75) is 52.9 Å². The van der Waals surface area contributed by atoms with Gasteiger partial charge in [0.2, 0.25) is 0 Å². The lowest BCUT2D eigenvalue weighted by Crippen LogP contribution is -2.38. The van der Waals surface area contributed by atoms with E-state index in [4.69, 9.17) is 4.74 Å². The lowest BCUT2D eigenvalue weighted by molar-refractivity contribution is -0.136. The van der Waals surface area contributed by atoms with Crippen LogP contribution in [0.3, 0.4) is 0 Å². The third-order valence-electron chi connectivity index (χ3n) is 7.01. The fourth-order valence-corrected chi connectivity index (χ4v) is 4.81. The average Bonchev–Trinajstić information content (AvgIpc) is 3.29. The molecule has 2 saturated heterocycles. The maximum absolute atomic E-state index is 11.7. The van der Waals surface area contributed by atoms with E-state index in [1.165, 1.54) is 12.8 Å². The third-order valence-corrected chi connectivity index (χ3v) is 7.01. The van der Waals surface area contributed by atoms with Gasteiger partial charge in [0.15, 0.2) is 0 Å². The molecule has 4 heterocycles. The number of piperidine rings is 1. The number of carboxylic acid groups (broad SMARTS) is 1. The molecule has 2 aliphatic rings. The van der Waals surface area contributed by atoms with Gasteiger partial charge in [-0.3, -0.25) is 19.7 Å². The van der Waals surface area contributed by atoms with E-state index >= 15 is 0 Å². The molecule has 0 aromatic carbocycles. The van der Waals surface area contributed by atoms with Gasteiger partial charge >= 0.3 is 5.97 Å². The molecule has 33 heavy (non-hydrogen) atoms. The standard InChI is InChI=1S/C26H36N4O3/c1-19-21(16-24(31)32)25(30-12-8-26(2,3)9-13-30)22(18-27-19)23-7-6-20(17-28-23)33-15-14-29-10-4-5-11-29/h6-7,17-18H,4-5,8-16H2,1-3H3,(H,31,32). The molecule has 2 aromatic rings. The van der Waals surface area contributed by atoms with E-state index in [9.17, 15) is 9.90 Å². The van der Waals surface area contributed by atoms with Crippen LogP contribution in [-0.4, -0.2) is 65.3 Å². The number of pyridine rings is 2. The molecule has 0 amide bonds. The number of aryl methyl sites for hydroxylation is 1. The highest BCUT2D eigenvalue weighted by Crippen LogP contribution is 2.39. The predicted octanol–water partition coefficient (Wildman–Crippen LogP) is 4.18. The van der Waals surface area contributed by atoms with Crippen molar-refractivity contribution in [2.75, 3.05) is 44.2 Å². The van der Waals surface area contributed by atoms with Crippen LogP contribution in [0, 0.1) is 12.3 Å². The minimum absolute atomic E-state index is 0.0421. The van der Waals surface area contributed by atoms with Gasteiger partial charge in [0, 0.05) is 42.7 Å². The van der Waals surface area contributed by atoms with E-state index in [0.29, 0.717) is 12.0 Å². The van der Waals surface area contributed by atoms with Crippen LogP contribution in [0.1, 0.15) is 50.8 Å². The molecular weight excluding hydrogens is 416 g/mol. The van der Waals surface area contributed by atoms with Crippen molar-refractivity contribution < 1.29 is 14.6 Å². The molecule has 2 aromatic heterocycles. The largest absolute Gasteiger partial charge is 0.491 e. The van der Waals surface area contributed by atoms with Crippen LogP contribution >= 0.6 is 0 Å². The predicted molar refractivity (Wildman–Crippen MR) is 130 cm³/mol. The van der Waals surface area contributed by atoms with Gasteiger partial charge in [-0.1, -0.05) is 13.8 Å². The van der Waals surface area contributed by atoms with E-state index in [2.05, 4.69) is 33.6 Å². The van der Waals surface area contributed by atoms with Gasteiger partial charge in [0.05, 0.1) is 24.0 Å². The second-order valence-electron chi connectivity index (χ2n) is 10.1. The first kappa shape index (κ1) is 23.5. The van der Waals surface area contributed by atoms with Gasteiger partial charge in [-0.25, -0.2) is 0 Å². The number of nitrogens with zero attached hydrogens (tertiary/aromatic N) is 4. The van der Waals surface area contributed by atoms with Crippen LogP contribution in [-0.2, 0) is 11.2 Å². The molecule has 2 fully saturated rings. The lowest BCUT2D eigenvalue weighted by Gasteiger charge is -2.40. The summed E-state index contributed by atoms with van der Waals surface area (Å²) in [5.74, 6) is -0.0876. The molecule has 2 aliphatic heterocycles. The van der Waals surface area contributed by atoms with Crippen LogP contribution in [0.4, 0.5) is 5.69 Å². The number of ether oxygens (including phenoxy) is 1. The Morgan fingerprint density at radius 1 is 1.09 bits per heavy atom. The minimum atomic E-state index is -0.842. The molecular formula is C26H36N4O3. The molecule has 0 atom stereocenters. The number of carbonyl (C=O) groups is 1. The van der Waals surface area contributed by atoms with Crippen molar-refractivity contribution in [1.82, 2.24) is 14.9 Å². The molecule has 7 nitrogen and oxygen atoms in total. The first-order chi connectivity index (χ1) is 15.8. The van der Waals surface area contributed by atoms with Crippen LogP contribution in [0.15, 0.2) is 24.5 Å². The summed E-state index contributed by atoms with van der Waals surface area (Å²) in [4.78, 5) is 25.6. The molecule has 0 unspecified atom stereocenters. The Kier molecular flexibility index (Phi) is 7.17. The molecule has 1 N–H and O–H groups in total. The molecule has 178 valence electrons. The van der Waals surface area contributed by atoms with Gasteiger partial charge in [0.25, 0.3) is 0 Å². The maximum atomic E-state index is 11.7. The van der Waals surface area contributed by atoms with Crippen molar-refractivity contribution in [1.29, 1.82) is 0 Å². The molecule has 0 radical (unpaired) electrons. The van der Waals surface area contributed by atoms with Crippen LogP contribution in [0.25, 0.3) is 11.3 Å². The third kappa shape index (κ3) is 5.82. The van der Waals surface area contributed by atoms with Gasteiger partial charge in [0.1, 0.15) is 12.4 Å². The Balaban J connectivity index is 1.57. The highest BCUT2D eigenvalue weighted by atomic mass is 16.5. The number of aromatic nitrogens is 2. The monoisotopic (exact) mass is 452 g/mol. The fourth-order valence-electron chi connectivity index (χ4n) is 4.81.